The minimum atomic E-state index is 0.845. The average molecular weight is 692 g/mol. The molecule has 1 aliphatic heterocycles. The molecule has 1 aliphatic rings. The van der Waals surface area contributed by atoms with E-state index in [1.165, 1.54) is 32.3 Å². The van der Waals surface area contributed by atoms with Crippen LogP contribution >= 0.6 is 0 Å². The van der Waals surface area contributed by atoms with Gasteiger partial charge in [-0.2, -0.15) is 0 Å². The number of anilines is 6. The van der Waals surface area contributed by atoms with Gasteiger partial charge in [-0.15, -0.1) is 0 Å². The lowest BCUT2D eigenvalue weighted by atomic mass is 10.0. The molecule has 0 atom stereocenters. The Morgan fingerprint density at radius 2 is 1.00 bits per heavy atom. The molecule has 0 amide bonds. The molecule has 0 saturated carbocycles. The number of hydrogen-bond donors (Lipinski definition) is 0. The van der Waals surface area contributed by atoms with E-state index >= 15 is 0 Å². The van der Waals surface area contributed by atoms with E-state index < -0.39 is 0 Å². The highest BCUT2D eigenvalue weighted by Crippen LogP contribution is 2.50. The molecule has 1 aromatic heterocycles. The third-order valence-electron chi connectivity index (χ3n) is 10.7. The average Bonchev–Trinajstić information content (AvgIpc) is 3.58. The number of para-hydroxylation sites is 6. The fourth-order valence-corrected chi connectivity index (χ4v) is 8.34. The van der Waals surface area contributed by atoms with Crippen LogP contribution in [0.5, 0.6) is 11.5 Å². The number of ether oxygens (including phenoxy) is 1. The van der Waals surface area contributed by atoms with E-state index in [9.17, 15) is 0 Å². The van der Waals surface area contributed by atoms with Crippen molar-refractivity contribution in [3.8, 4) is 17.2 Å². The molecule has 0 aliphatic carbocycles. The summed E-state index contributed by atoms with van der Waals surface area (Å²) in [6, 6.07) is 71.5. The molecule has 0 saturated heterocycles. The molecule has 54 heavy (non-hydrogen) atoms. The zero-order chi connectivity index (χ0) is 35.6. The van der Waals surface area contributed by atoms with Crippen molar-refractivity contribution in [1.82, 2.24) is 4.57 Å². The molecule has 0 fully saturated rings. The highest BCUT2D eigenvalue weighted by atomic mass is 16.5. The van der Waals surface area contributed by atoms with Crippen molar-refractivity contribution in [2.45, 2.75) is 0 Å². The zero-order valence-electron chi connectivity index (χ0n) is 29.3. The van der Waals surface area contributed by atoms with Crippen LogP contribution in [0, 0.1) is 0 Å². The molecule has 0 spiro atoms. The highest BCUT2D eigenvalue weighted by molar-refractivity contribution is 6.17. The lowest BCUT2D eigenvalue weighted by Gasteiger charge is -2.32. The van der Waals surface area contributed by atoms with E-state index in [-0.39, 0.29) is 0 Å². The van der Waals surface area contributed by atoms with Crippen LogP contribution in [0.25, 0.3) is 49.0 Å². The summed E-state index contributed by atoms with van der Waals surface area (Å²) in [5.41, 5.74) is 9.88. The number of rotatable bonds is 5. The van der Waals surface area contributed by atoms with Crippen LogP contribution in [0.2, 0.25) is 0 Å². The molecule has 4 heteroatoms. The van der Waals surface area contributed by atoms with Crippen LogP contribution in [0.15, 0.2) is 200 Å². The van der Waals surface area contributed by atoms with Gasteiger partial charge in [-0.05, 0) is 113 Å². The van der Waals surface area contributed by atoms with E-state index in [1.807, 2.05) is 24.3 Å². The molecule has 4 nitrogen and oxygen atoms in total. The fraction of sp³-hybridized carbons (Fsp3) is 0. The van der Waals surface area contributed by atoms with E-state index in [0.29, 0.717) is 0 Å². The minimum Gasteiger partial charge on any atom is -0.453 e. The Morgan fingerprint density at radius 1 is 0.389 bits per heavy atom. The SMILES string of the molecule is c1ccc(N(c2ccc3c(ccc4ccccc43)c2)c2cccc3c2c2ccccc2n3-c2ccc(N3c4ccccc4Oc4ccccc43)cc2)cc1. The predicted octanol–water partition coefficient (Wildman–Crippen LogP) is 14.1. The number of aromatic nitrogens is 1. The number of benzene rings is 9. The minimum absolute atomic E-state index is 0.845. The molecule has 0 radical (unpaired) electrons. The smallest absolute Gasteiger partial charge is 0.151 e. The molecule has 10 aromatic rings. The summed E-state index contributed by atoms with van der Waals surface area (Å²) in [6.07, 6.45) is 0. The Labute approximate surface area is 312 Å². The first kappa shape index (κ1) is 30.3. The van der Waals surface area contributed by atoms with Gasteiger partial charge in [-0.25, -0.2) is 0 Å². The molecular weight excluding hydrogens is 659 g/mol. The quantitative estimate of drug-likeness (QED) is 0.168. The van der Waals surface area contributed by atoms with Gasteiger partial charge in [0.05, 0.1) is 28.1 Å². The Morgan fingerprint density at radius 3 is 1.80 bits per heavy atom. The van der Waals surface area contributed by atoms with Crippen molar-refractivity contribution < 1.29 is 4.74 Å². The third-order valence-corrected chi connectivity index (χ3v) is 10.7. The Bertz CT molecular complexity index is 2990. The van der Waals surface area contributed by atoms with Gasteiger partial charge >= 0.3 is 0 Å². The van der Waals surface area contributed by atoms with Crippen molar-refractivity contribution in [3.63, 3.8) is 0 Å². The Kier molecular flexibility index (Phi) is 6.82. The summed E-state index contributed by atoms with van der Waals surface area (Å²) in [7, 11) is 0. The van der Waals surface area contributed by atoms with Crippen LogP contribution in [-0.4, -0.2) is 4.57 Å². The monoisotopic (exact) mass is 691 g/mol. The molecule has 9 aromatic carbocycles. The zero-order valence-corrected chi connectivity index (χ0v) is 29.3. The predicted molar refractivity (Wildman–Crippen MR) is 225 cm³/mol. The molecule has 2 heterocycles. The largest absolute Gasteiger partial charge is 0.453 e. The topological polar surface area (TPSA) is 20.6 Å². The van der Waals surface area contributed by atoms with Crippen LogP contribution < -0.4 is 14.5 Å². The van der Waals surface area contributed by atoms with Crippen molar-refractivity contribution in [3.05, 3.63) is 200 Å². The molecule has 0 bridgehead atoms. The van der Waals surface area contributed by atoms with Crippen LogP contribution in [0.4, 0.5) is 34.1 Å². The molecular formula is C50H33N3O. The summed E-state index contributed by atoms with van der Waals surface area (Å²) in [5.74, 6) is 1.69. The first-order chi connectivity index (χ1) is 26.8. The summed E-state index contributed by atoms with van der Waals surface area (Å²) < 4.78 is 8.69. The van der Waals surface area contributed by atoms with Gasteiger partial charge in [0, 0.05) is 33.5 Å². The lowest BCUT2D eigenvalue weighted by molar-refractivity contribution is 0.477. The second-order valence-corrected chi connectivity index (χ2v) is 13.8. The normalized spacial score (nSPS) is 12.2. The number of fused-ring (bicyclic) bond motifs is 8. The van der Waals surface area contributed by atoms with Crippen molar-refractivity contribution in [1.29, 1.82) is 0 Å². The fourth-order valence-electron chi connectivity index (χ4n) is 8.34. The summed E-state index contributed by atoms with van der Waals surface area (Å²) in [4.78, 5) is 4.69. The maximum atomic E-state index is 6.29. The van der Waals surface area contributed by atoms with Crippen molar-refractivity contribution in [2.75, 3.05) is 9.80 Å². The maximum Gasteiger partial charge on any atom is 0.151 e. The number of nitrogens with zero attached hydrogens (tertiary/aromatic N) is 3. The Hall–Kier alpha value is -7.30. The van der Waals surface area contributed by atoms with E-state index in [2.05, 4.69) is 190 Å². The standard InChI is InChI=1S/C50H33N3O/c1-2-14-36(15-3-1)51(39-31-32-41-35(33-39)26-25-34-13-4-5-16-40(34)41)46-21-12-22-47-50(46)42-17-6-7-18-43(42)52(47)37-27-29-38(30-28-37)53-44-19-8-10-23-48(44)54-49-24-11-9-20-45(49)53/h1-33H. The van der Waals surface area contributed by atoms with Gasteiger partial charge in [-0.3, -0.25) is 0 Å². The van der Waals surface area contributed by atoms with Gasteiger partial charge in [-0.1, -0.05) is 109 Å². The van der Waals surface area contributed by atoms with E-state index in [1.54, 1.807) is 0 Å². The molecule has 254 valence electrons. The third kappa shape index (κ3) is 4.70. The maximum absolute atomic E-state index is 6.29. The second kappa shape index (κ2) is 12.1. The second-order valence-electron chi connectivity index (χ2n) is 13.8. The first-order valence-corrected chi connectivity index (χ1v) is 18.4. The highest BCUT2D eigenvalue weighted by Gasteiger charge is 2.26. The summed E-state index contributed by atoms with van der Waals surface area (Å²) >= 11 is 0. The van der Waals surface area contributed by atoms with Crippen molar-refractivity contribution in [2.24, 2.45) is 0 Å². The van der Waals surface area contributed by atoms with Gasteiger partial charge in [0.15, 0.2) is 11.5 Å². The van der Waals surface area contributed by atoms with Crippen LogP contribution in [0.3, 0.4) is 0 Å². The van der Waals surface area contributed by atoms with Gasteiger partial charge in [0.1, 0.15) is 0 Å². The number of hydrogen-bond acceptors (Lipinski definition) is 3. The van der Waals surface area contributed by atoms with Crippen molar-refractivity contribution >= 4 is 77.5 Å². The molecule has 11 rings (SSSR count). The van der Waals surface area contributed by atoms with Crippen LogP contribution in [0.1, 0.15) is 0 Å². The van der Waals surface area contributed by atoms with Crippen LogP contribution in [-0.2, 0) is 0 Å². The lowest BCUT2D eigenvalue weighted by Crippen LogP contribution is -2.15. The van der Waals surface area contributed by atoms with Gasteiger partial charge < -0.3 is 19.1 Å². The van der Waals surface area contributed by atoms with E-state index in [4.69, 9.17) is 4.74 Å². The van der Waals surface area contributed by atoms with Gasteiger partial charge in [0.2, 0.25) is 0 Å². The first-order valence-electron chi connectivity index (χ1n) is 18.4. The molecule has 0 unspecified atom stereocenters. The van der Waals surface area contributed by atoms with E-state index in [0.717, 1.165) is 62.3 Å². The Balaban J connectivity index is 1.09. The van der Waals surface area contributed by atoms with Gasteiger partial charge in [0.25, 0.3) is 0 Å². The summed E-state index contributed by atoms with van der Waals surface area (Å²) in [5, 5.41) is 7.40. The summed E-state index contributed by atoms with van der Waals surface area (Å²) in [6.45, 7) is 0. The molecule has 0 N–H and O–H groups in total.